The third-order valence-corrected chi connectivity index (χ3v) is 8.34. The fourth-order valence-electron chi connectivity index (χ4n) is 4.73. The van der Waals surface area contributed by atoms with Gasteiger partial charge in [-0.25, -0.2) is 0 Å². The van der Waals surface area contributed by atoms with Gasteiger partial charge in [-0.15, -0.1) is 0 Å². The molecule has 8 nitrogen and oxygen atoms in total. The Balaban J connectivity index is 1.64. The Morgan fingerprint density at radius 1 is 1.05 bits per heavy atom. The Kier molecular flexibility index (Phi) is 9.86. The number of benzene rings is 2. The standard InChI is InChI=1S/C31H32N4O4S2/c1-5-34-28(33-15-13-22-11-12-25(38-3)26(17-22)39-4)23(20(2)24(19-32)29(34)36)18-27-30(37)35(31(40)41-27)16-14-21-9-7-6-8-10-21/h6-12,17-18,33H,5,13-16H2,1-4H3/b27-18+. The first-order chi connectivity index (χ1) is 19.8. The highest BCUT2D eigenvalue weighted by Crippen LogP contribution is 2.35. The summed E-state index contributed by atoms with van der Waals surface area (Å²) in [7, 11) is 3.19. The van der Waals surface area contributed by atoms with Crippen molar-refractivity contribution >= 4 is 46.1 Å². The molecule has 1 fully saturated rings. The number of nitrogens with zero attached hydrogens (tertiary/aromatic N) is 3. The van der Waals surface area contributed by atoms with E-state index in [2.05, 4.69) is 11.4 Å². The molecule has 212 valence electrons. The molecule has 2 aromatic carbocycles. The molecule has 0 radical (unpaired) electrons. The summed E-state index contributed by atoms with van der Waals surface area (Å²) in [5.74, 6) is 1.66. The number of methoxy groups -OCH3 is 2. The van der Waals surface area contributed by atoms with Crippen molar-refractivity contribution in [3.05, 3.63) is 91.6 Å². The third kappa shape index (κ3) is 6.47. The van der Waals surface area contributed by atoms with Gasteiger partial charge < -0.3 is 14.8 Å². The number of nitriles is 1. The summed E-state index contributed by atoms with van der Waals surface area (Å²) in [6.45, 7) is 4.91. The van der Waals surface area contributed by atoms with Crippen LogP contribution in [0.4, 0.5) is 5.82 Å². The third-order valence-electron chi connectivity index (χ3n) is 6.96. The summed E-state index contributed by atoms with van der Waals surface area (Å²) < 4.78 is 12.8. The Bertz CT molecular complexity index is 1590. The molecule has 1 N–H and O–H groups in total. The molecule has 0 spiro atoms. The number of nitrogens with one attached hydrogen (secondary N) is 1. The number of hydrogen-bond donors (Lipinski definition) is 1. The molecule has 0 atom stereocenters. The highest BCUT2D eigenvalue weighted by Gasteiger charge is 2.32. The molecular weight excluding hydrogens is 556 g/mol. The largest absolute Gasteiger partial charge is 0.493 e. The van der Waals surface area contributed by atoms with E-state index in [4.69, 9.17) is 21.7 Å². The van der Waals surface area contributed by atoms with Gasteiger partial charge in [-0.05, 0) is 61.6 Å². The Morgan fingerprint density at radius 3 is 2.44 bits per heavy atom. The van der Waals surface area contributed by atoms with Crippen LogP contribution in [0.1, 0.15) is 34.7 Å². The molecule has 41 heavy (non-hydrogen) atoms. The summed E-state index contributed by atoms with van der Waals surface area (Å²) >= 11 is 6.79. The zero-order chi connectivity index (χ0) is 29.5. The van der Waals surface area contributed by atoms with Crippen molar-refractivity contribution in [1.29, 1.82) is 5.26 Å². The second-order valence-electron chi connectivity index (χ2n) is 9.36. The van der Waals surface area contributed by atoms with Gasteiger partial charge in [0, 0.05) is 25.2 Å². The van der Waals surface area contributed by atoms with Crippen LogP contribution in [-0.2, 0) is 24.2 Å². The average molecular weight is 589 g/mol. The lowest BCUT2D eigenvalue weighted by Crippen LogP contribution is -2.30. The van der Waals surface area contributed by atoms with Crippen LogP contribution in [0.25, 0.3) is 6.08 Å². The van der Waals surface area contributed by atoms with E-state index in [1.165, 1.54) is 11.8 Å². The number of amides is 1. The number of aromatic nitrogens is 1. The minimum Gasteiger partial charge on any atom is -0.493 e. The molecule has 4 rings (SSSR count). The maximum absolute atomic E-state index is 13.4. The van der Waals surface area contributed by atoms with E-state index in [0.29, 0.717) is 70.1 Å². The smallest absolute Gasteiger partial charge is 0.270 e. The van der Waals surface area contributed by atoms with Gasteiger partial charge in [-0.1, -0.05) is 60.4 Å². The normalized spacial score (nSPS) is 13.9. The van der Waals surface area contributed by atoms with Crippen LogP contribution in [0.15, 0.2) is 58.2 Å². The van der Waals surface area contributed by atoms with E-state index in [-0.39, 0.29) is 17.0 Å². The lowest BCUT2D eigenvalue weighted by molar-refractivity contribution is -0.122. The van der Waals surface area contributed by atoms with Crippen molar-refractivity contribution in [1.82, 2.24) is 9.47 Å². The summed E-state index contributed by atoms with van der Waals surface area (Å²) in [4.78, 5) is 28.7. The molecule has 0 bridgehead atoms. The molecule has 2 heterocycles. The Labute approximate surface area is 249 Å². The van der Waals surface area contributed by atoms with E-state index < -0.39 is 0 Å². The van der Waals surface area contributed by atoms with Crippen LogP contribution in [-0.4, -0.2) is 47.0 Å². The zero-order valence-electron chi connectivity index (χ0n) is 23.5. The minimum absolute atomic E-state index is 0.0584. The number of thiocarbonyl (C=S) groups is 1. The van der Waals surface area contributed by atoms with Gasteiger partial charge in [-0.3, -0.25) is 19.1 Å². The first kappa shape index (κ1) is 29.9. The van der Waals surface area contributed by atoms with Crippen molar-refractivity contribution in [3.63, 3.8) is 0 Å². The monoisotopic (exact) mass is 588 g/mol. The van der Waals surface area contributed by atoms with Crippen molar-refractivity contribution in [3.8, 4) is 17.6 Å². The molecule has 3 aromatic rings. The van der Waals surface area contributed by atoms with E-state index in [1.54, 1.807) is 36.7 Å². The van der Waals surface area contributed by atoms with Gasteiger partial charge in [0.1, 0.15) is 21.8 Å². The quantitative estimate of drug-likeness (QED) is 0.242. The van der Waals surface area contributed by atoms with Crippen molar-refractivity contribution in [2.45, 2.75) is 33.2 Å². The predicted molar refractivity (Wildman–Crippen MR) is 168 cm³/mol. The molecule has 1 aliphatic heterocycles. The maximum atomic E-state index is 13.4. The zero-order valence-corrected chi connectivity index (χ0v) is 25.2. The summed E-state index contributed by atoms with van der Waals surface area (Å²) in [6, 6.07) is 17.7. The summed E-state index contributed by atoms with van der Waals surface area (Å²) in [6.07, 6.45) is 3.07. The van der Waals surface area contributed by atoms with E-state index in [1.807, 2.05) is 55.5 Å². The van der Waals surface area contributed by atoms with Crippen molar-refractivity contribution < 1.29 is 14.3 Å². The van der Waals surface area contributed by atoms with Gasteiger partial charge in [0.2, 0.25) is 0 Å². The topological polar surface area (TPSA) is 96.6 Å². The van der Waals surface area contributed by atoms with Gasteiger partial charge in [0.25, 0.3) is 11.5 Å². The SMILES string of the molecule is CCn1c(NCCc2ccc(OC)c(OC)c2)c(/C=C2/SC(=S)N(CCc3ccccc3)C2=O)c(C)c(C#N)c1=O. The van der Waals surface area contributed by atoms with Crippen LogP contribution >= 0.6 is 24.0 Å². The molecule has 1 saturated heterocycles. The summed E-state index contributed by atoms with van der Waals surface area (Å²) in [5.41, 5.74) is 2.98. The molecule has 10 heteroatoms. The van der Waals surface area contributed by atoms with Crippen molar-refractivity contribution in [2.24, 2.45) is 0 Å². The Morgan fingerprint density at radius 2 is 1.78 bits per heavy atom. The number of hydrogen-bond acceptors (Lipinski definition) is 8. The average Bonchev–Trinajstić information content (AvgIpc) is 3.25. The highest BCUT2D eigenvalue weighted by atomic mass is 32.2. The fourth-order valence-corrected chi connectivity index (χ4v) is 6.02. The van der Waals surface area contributed by atoms with E-state index in [0.717, 1.165) is 11.1 Å². The number of carbonyl (C=O) groups is 1. The van der Waals surface area contributed by atoms with Crippen LogP contribution < -0.4 is 20.3 Å². The molecular formula is C31H32N4O4S2. The van der Waals surface area contributed by atoms with Crippen LogP contribution in [0.5, 0.6) is 11.5 Å². The molecule has 0 unspecified atom stereocenters. The van der Waals surface area contributed by atoms with Crippen LogP contribution in [0.2, 0.25) is 0 Å². The maximum Gasteiger partial charge on any atom is 0.270 e. The lowest BCUT2D eigenvalue weighted by atomic mass is 10.0. The molecule has 0 saturated carbocycles. The number of ether oxygens (including phenoxy) is 2. The first-order valence-corrected chi connectivity index (χ1v) is 14.5. The molecule has 1 aliphatic rings. The molecule has 0 aliphatic carbocycles. The number of thioether (sulfide) groups is 1. The number of rotatable bonds is 11. The number of anilines is 1. The van der Waals surface area contributed by atoms with Gasteiger partial charge in [0.05, 0.1) is 19.1 Å². The van der Waals surface area contributed by atoms with Crippen LogP contribution in [0.3, 0.4) is 0 Å². The summed E-state index contributed by atoms with van der Waals surface area (Å²) in [5, 5.41) is 13.2. The van der Waals surface area contributed by atoms with E-state index >= 15 is 0 Å². The molecule has 1 aromatic heterocycles. The van der Waals surface area contributed by atoms with Gasteiger partial charge in [0.15, 0.2) is 11.5 Å². The van der Waals surface area contributed by atoms with Gasteiger partial charge in [-0.2, -0.15) is 5.26 Å². The second kappa shape index (κ2) is 13.5. The fraction of sp³-hybridized carbons (Fsp3) is 0.290. The Hall–Kier alpha value is -4.07. The first-order valence-electron chi connectivity index (χ1n) is 13.2. The number of carbonyl (C=O) groups excluding carboxylic acids is 1. The number of pyridine rings is 1. The van der Waals surface area contributed by atoms with Crippen molar-refractivity contribution in [2.75, 3.05) is 32.6 Å². The highest BCUT2D eigenvalue weighted by molar-refractivity contribution is 8.26. The predicted octanol–water partition coefficient (Wildman–Crippen LogP) is 5.16. The minimum atomic E-state index is -0.367. The lowest BCUT2D eigenvalue weighted by Gasteiger charge is -2.19. The molecule has 1 amide bonds. The second-order valence-corrected chi connectivity index (χ2v) is 11.0. The van der Waals surface area contributed by atoms with Crippen LogP contribution in [0, 0.1) is 18.3 Å². The van der Waals surface area contributed by atoms with Gasteiger partial charge >= 0.3 is 0 Å². The van der Waals surface area contributed by atoms with E-state index in [9.17, 15) is 14.9 Å².